The number of nitrogens with two attached hydrogens (primary N) is 1. The molecule has 0 aliphatic carbocycles. The van der Waals surface area contributed by atoms with Crippen LogP contribution in [0.1, 0.15) is 13.3 Å². The highest BCUT2D eigenvalue weighted by Crippen LogP contribution is 2.27. The van der Waals surface area contributed by atoms with Gasteiger partial charge in [-0.25, -0.2) is 8.78 Å². The van der Waals surface area contributed by atoms with Gasteiger partial charge in [0, 0.05) is 6.42 Å². The fraction of sp³-hybridized carbons (Fsp3) is 1.00. The van der Waals surface area contributed by atoms with E-state index in [-0.39, 0.29) is 0 Å². The van der Waals surface area contributed by atoms with Crippen LogP contribution >= 0.6 is 0 Å². The van der Waals surface area contributed by atoms with Crippen LogP contribution in [0.2, 0.25) is 0 Å². The number of rotatable bonds is 2. The molecule has 0 saturated carbocycles. The molecule has 68 valence electrons. The van der Waals surface area contributed by atoms with Crippen molar-refractivity contribution in [3.8, 4) is 0 Å². The molecule has 0 amide bonds. The molecule has 0 aromatic carbocycles. The minimum Gasteiger partial charge on any atom is -0.320 e. The highest BCUT2D eigenvalue weighted by Gasteiger charge is 2.41. The van der Waals surface area contributed by atoms with Crippen molar-refractivity contribution in [3.05, 3.63) is 0 Å². The Morgan fingerprint density at radius 3 is 1.64 bits per heavy atom. The van der Waals surface area contributed by atoms with E-state index in [9.17, 15) is 22.0 Å². The van der Waals surface area contributed by atoms with Gasteiger partial charge in [-0.15, -0.1) is 0 Å². The van der Waals surface area contributed by atoms with Gasteiger partial charge in [0.25, 0.3) is 0 Å². The monoisotopic (exact) mass is 177 g/mol. The van der Waals surface area contributed by atoms with Crippen LogP contribution in [0.3, 0.4) is 0 Å². The standard InChI is InChI=1S/C5H8F5N/c1-4(6,7)2-3(11)5(8,9)10/h3H,2,11H2,1H3. The number of halogens is 5. The molecule has 1 unspecified atom stereocenters. The van der Waals surface area contributed by atoms with E-state index in [1.165, 1.54) is 0 Å². The molecule has 6 heteroatoms. The second-order valence-corrected chi connectivity index (χ2v) is 2.42. The molecule has 0 radical (unpaired) electrons. The Balaban J connectivity index is 3.99. The SMILES string of the molecule is CC(F)(F)CC(N)C(F)(F)F. The van der Waals surface area contributed by atoms with Crippen LogP contribution in [-0.4, -0.2) is 18.1 Å². The van der Waals surface area contributed by atoms with Crippen LogP contribution in [0.25, 0.3) is 0 Å². The van der Waals surface area contributed by atoms with Crippen LogP contribution < -0.4 is 5.73 Å². The van der Waals surface area contributed by atoms with E-state index in [1.807, 2.05) is 0 Å². The van der Waals surface area contributed by atoms with E-state index in [2.05, 4.69) is 5.73 Å². The van der Waals surface area contributed by atoms with Gasteiger partial charge in [0.2, 0.25) is 5.92 Å². The first-order valence-corrected chi connectivity index (χ1v) is 2.83. The number of hydrogen-bond donors (Lipinski definition) is 1. The Kier molecular flexibility index (Phi) is 2.82. The molecule has 0 aliphatic rings. The molecule has 0 heterocycles. The molecule has 0 fully saturated rings. The minimum absolute atomic E-state index is 0.401. The van der Waals surface area contributed by atoms with E-state index in [0.29, 0.717) is 6.92 Å². The topological polar surface area (TPSA) is 26.0 Å². The predicted octanol–water partition coefficient (Wildman–Crippen LogP) is 1.92. The second-order valence-electron chi connectivity index (χ2n) is 2.42. The summed E-state index contributed by atoms with van der Waals surface area (Å²) in [5.41, 5.74) is 4.43. The van der Waals surface area contributed by atoms with Gasteiger partial charge >= 0.3 is 6.18 Å². The van der Waals surface area contributed by atoms with Crippen molar-refractivity contribution in [3.63, 3.8) is 0 Å². The number of alkyl halides is 5. The maximum absolute atomic E-state index is 11.9. The molecule has 0 aromatic heterocycles. The molecular weight excluding hydrogens is 169 g/mol. The summed E-state index contributed by atoms with van der Waals surface area (Å²) in [4.78, 5) is 0. The smallest absolute Gasteiger partial charge is 0.320 e. The molecular formula is C5H8F5N. The zero-order valence-corrected chi connectivity index (χ0v) is 5.75. The van der Waals surface area contributed by atoms with Gasteiger partial charge < -0.3 is 5.73 Å². The lowest BCUT2D eigenvalue weighted by Crippen LogP contribution is -2.41. The summed E-state index contributed by atoms with van der Waals surface area (Å²) >= 11 is 0. The highest BCUT2D eigenvalue weighted by atomic mass is 19.4. The van der Waals surface area contributed by atoms with Gasteiger partial charge in [-0.05, 0) is 6.92 Å². The first-order chi connectivity index (χ1) is 4.63. The quantitative estimate of drug-likeness (QED) is 0.640. The summed E-state index contributed by atoms with van der Waals surface area (Å²) in [5, 5.41) is 0. The first-order valence-electron chi connectivity index (χ1n) is 2.83. The van der Waals surface area contributed by atoms with Crippen LogP contribution in [-0.2, 0) is 0 Å². The third-order valence-electron chi connectivity index (χ3n) is 0.999. The third kappa shape index (κ3) is 4.94. The van der Waals surface area contributed by atoms with Crippen LogP contribution in [0.15, 0.2) is 0 Å². The summed E-state index contributed by atoms with van der Waals surface area (Å²) in [6.07, 6.45) is -6.10. The van der Waals surface area contributed by atoms with Crippen LogP contribution in [0, 0.1) is 0 Å². The Morgan fingerprint density at radius 1 is 1.18 bits per heavy atom. The molecule has 1 nitrogen and oxygen atoms in total. The van der Waals surface area contributed by atoms with Crippen molar-refractivity contribution >= 4 is 0 Å². The van der Waals surface area contributed by atoms with E-state index in [4.69, 9.17) is 0 Å². The van der Waals surface area contributed by atoms with Crippen LogP contribution in [0.4, 0.5) is 22.0 Å². The summed E-state index contributed by atoms with van der Waals surface area (Å²) < 4.78 is 58.4. The molecule has 11 heavy (non-hydrogen) atoms. The predicted molar refractivity (Wildman–Crippen MR) is 29.3 cm³/mol. The van der Waals surface area contributed by atoms with Crippen molar-refractivity contribution in [2.75, 3.05) is 0 Å². The number of hydrogen-bond acceptors (Lipinski definition) is 1. The average Bonchev–Trinajstić information content (AvgIpc) is 1.56. The molecule has 0 saturated heterocycles. The molecule has 0 rings (SSSR count). The van der Waals surface area contributed by atoms with Crippen molar-refractivity contribution in [2.24, 2.45) is 5.73 Å². The maximum Gasteiger partial charge on any atom is 0.403 e. The largest absolute Gasteiger partial charge is 0.403 e. The average molecular weight is 177 g/mol. The highest BCUT2D eigenvalue weighted by molar-refractivity contribution is 4.76. The summed E-state index contributed by atoms with van der Waals surface area (Å²) in [6, 6.07) is -2.44. The van der Waals surface area contributed by atoms with Crippen molar-refractivity contribution in [1.29, 1.82) is 0 Å². The molecule has 0 bridgehead atoms. The van der Waals surface area contributed by atoms with Gasteiger partial charge in [0.05, 0.1) is 0 Å². The third-order valence-corrected chi connectivity index (χ3v) is 0.999. The van der Waals surface area contributed by atoms with Crippen LogP contribution in [0.5, 0.6) is 0 Å². The Labute approximate surface area is 60.4 Å². The van der Waals surface area contributed by atoms with Gasteiger partial charge in [-0.2, -0.15) is 13.2 Å². The fourth-order valence-electron chi connectivity index (χ4n) is 0.502. The van der Waals surface area contributed by atoms with Gasteiger partial charge in [0.1, 0.15) is 6.04 Å². The lowest BCUT2D eigenvalue weighted by Gasteiger charge is -2.18. The Morgan fingerprint density at radius 2 is 1.55 bits per heavy atom. The molecule has 1 atom stereocenters. The fourth-order valence-corrected chi connectivity index (χ4v) is 0.502. The molecule has 2 N–H and O–H groups in total. The zero-order valence-electron chi connectivity index (χ0n) is 5.75. The van der Waals surface area contributed by atoms with Crippen molar-refractivity contribution in [2.45, 2.75) is 31.5 Å². The maximum atomic E-state index is 11.9. The van der Waals surface area contributed by atoms with E-state index in [1.54, 1.807) is 0 Å². The lowest BCUT2D eigenvalue weighted by atomic mass is 10.1. The summed E-state index contributed by atoms with van der Waals surface area (Å²) in [5.74, 6) is -3.37. The Hall–Kier alpha value is -0.390. The second kappa shape index (κ2) is 2.92. The van der Waals surface area contributed by atoms with Gasteiger partial charge in [0.15, 0.2) is 0 Å². The van der Waals surface area contributed by atoms with E-state index < -0.39 is 24.6 Å². The summed E-state index contributed by atoms with van der Waals surface area (Å²) in [6.45, 7) is 0.401. The van der Waals surface area contributed by atoms with Crippen molar-refractivity contribution < 1.29 is 22.0 Å². The van der Waals surface area contributed by atoms with E-state index >= 15 is 0 Å². The van der Waals surface area contributed by atoms with E-state index in [0.717, 1.165) is 0 Å². The molecule has 0 spiro atoms. The van der Waals surface area contributed by atoms with Crippen molar-refractivity contribution in [1.82, 2.24) is 0 Å². The summed E-state index contributed by atoms with van der Waals surface area (Å²) in [7, 11) is 0. The van der Waals surface area contributed by atoms with Gasteiger partial charge in [-0.1, -0.05) is 0 Å². The molecule has 0 aromatic rings. The first kappa shape index (κ1) is 10.6. The Bertz CT molecular complexity index is 124. The minimum atomic E-state index is -4.74. The van der Waals surface area contributed by atoms with Gasteiger partial charge in [-0.3, -0.25) is 0 Å². The molecule has 0 aliphatic heterocycles. The zero-order chi connectivity index (χ0) is 9.28. The lowest BCUT2D eigenvalue weighted by molar-refractivity contribution is -0.163. The normalized spacial score (nSPS) is 16.6.